The fraction of sp³-hybridized carbons (Fsp3) is 0.100. The summed E-state index contributed by atoms with van der Waals surface area (Å²) in [6, 6.07) is 7.56. The quantitative estimate of drug-likeness (QED) is 0.909. The molecule has 0 atom stereocenters. The molecular weight excluding hydrogens is 304 g/mol. The molecule has 0 saturated heterocycles. The molecule has 0 aliphatic carbocycles. The van der Waals surface area contributed by atoms with E-state index in [0.717, 1.165) is 21.4 Å². The second kappa shape index (κ2) is 5.24. The molecule has 1 heterocycles. The number of carbonyl (C=O) groups excluding carboxylic acids is 1. The Labute approximate surface area is 110 Å². The zero-order chi connectivity index (χ0) is 12.3. The smallest absolute Gasteiger partial charge is 0.230 e. The molecule has 1 aromatic heterocycles. The average molecular weight is 313 g/mol. The molecule has 5 nitrogen and oxygen atoms in total. The third kappa shape index (κ3) is 3.50. The lowest BCUT2D eigenvalue weighted by atomic mass is 10.1. The number of amides is 1. The van der Waals surface area contributed by atoms with Gasteiger partial charge in [0.25, 0.3) is 0 Å². The normalized spacial score (nSPS) is 10.2. The second-order valence-electron chi connectivity index (χ2n) is 3.30. The number of benzene rings is 1. The van der Waals surface area contributed by atoms with Crippen LogP contribution in [0.2, 0.25) is 0 Å². The van der Waals surface area contributed by atoms with E-state index in [1.807, 2.05) is 24.3 Å². The molecule has 0 saturated carbocycles. The van der Waals surface area contributed by atoms with Crippen molar-refractivity contribution in [3.8, 4) is 0 Å². The number of nitrogen functional groups attached to an aromatic ring is 1. The summed E-state index contributed by atoms with van der Waals surface area (Å²) in [5.74, 6) is -0.136. The lowest BCUT2D eigenvalue weighted by Crippen LogP contribution is -2.14. The summed E-state index contributed by atoms with van der Waals surface area (Å²) >= 11 is 4.48. The summed E-state index contributed by atoms with van der Waals surface area (Å²) < 4.78 is 0.985. The number of rotatable bonds is 3. The lowest BCUT2D eigenvalue weighted by molar-refractivity contribution is -0.115. The number of nitrogens with zero attached hydrogens (tertiary/aromatic N) is 2. The number of halogens is 1. The van der Waals surface area contributed by atoms with Gasteiger partial charge in [-0.1, -0.05) is 39.4 Å². The minimum Gasteiger partial charge on any atom is -0.374 e. The van der Waals surface area contributed by atoms with Crippen molar-refractivity contribution in [2.45, 2.75) is 6.42 Å². The summed E-state index contributed by atoms with van der Waals surface area (Å²) in [6.07, 6.45) is 0.298. The van der Waals surface area contributed by atoms with Crippen molar-refractivity contribution in [3.63, 3.8) is 0 Å². The highest BCUT2D eigenvalue weighted by atomic mass is 79.9. The van der Waals surface area contributed by atoms with Gasteiger partial charge in [0, 0.05) is 4.47 Å². The molecule has 88 valence electrons. The Morgan fingerprint density at radius 1 is 1.35 bits per heavy atom. The Kier molecular flexibility index (Phi) is 3.70. The first-order valence-electron chi connectivity index (χ1n) is 4.77. The predicted molar refractivity (Wildman–Crippen MR) is 70.8 cm³/mol. The molecule has 2 rings (SSSR count). The van der Waals surface area contributed by atoms with Crippen LogP contribution in [0, 0.1) is 0 Å². The Hall–Kier alpha value is -1.47. The highest BCUT2D eigenvalue weighted by Gasteiger charge is 2.07. The van der Waals surface area contributed by atoms with Gasteiger partial charge < -0.3 is 11.1 Å². The molecule has 17 heavy (non-hydrogen) atoms. The van der Waals surface area contributed by atoms with Crippen LogP contribution in [0.25, 0.3) is 0 Å². The van der Waals surface area contributed by atoms with Crippen molar-refractivity contribution in [1.29, 1.82) is 0 Å². The Morgan fingerprint density at radius 2 is 2.06 bits per heavy atom. The van der Waals surface area contributed by atoms with Gasteiger partial charge >= 0.3 is 0 Å². The Morgan fingerprint density at radius 3 is 2.65 bits per heavy atom. The van der Waals surface area contributed by atoms with Gasteiger partial charge in [-0.3, -0.25) is 4.79 Å². The van der Waals surface area contributed by atoms with E-state index in [1.165, 1.54) is 0 Å². The molecule has 1 amide bonds. The standard InChI is InChI=1S/C10H9BrN4OS/c11-7-3-1-6(2-4-7)5-8(16)13-10-15-14-9(12)17-10/h1-4H,5H2,(H2,12,14)(H,13,15,16). The van der Waals surface area contributed by atoms with Crippen molar-refractivity contribution in [2.24, 2.45) is 0 Å². The third-order valence-electron chi connectivity index (χ3n) is 1.96. The Bertz CT molecular complexity index is 525. The van der Waals surface area contributed by atoms with Crippen molar-refractivity contribution in [1.82, 2.24) is 10.2 Å². The highest BCUT2D eigenvalue weighted by Crippen LogP contribution is 2.17. The predicted octanol–water partition coefficient (Wildman–Crippen LogP) is 2.06. The van der Waals surface area contributed by atoms with E-state index < -0.39 is 0 Å². The zero-order valence-electron chi connectivity index (χ0n) is 8.68. The third-order valence-corrected chi connectivity index (χ3v) is 3.16. The van der Waals surface area contributed by atoms with Crippen LogP contribution in [-0.2, 0) is 11.2 Å². The second-order valence-corrected chi connectivity index (χ2v) is 5.22. The SMILES string of the molecule is Nc1nnc(NC(=O)Cc2ccc(Br)cc2)s1. The van der Waals surface area contributed by atoms with E-state index in [1.54, 1.807) is 0 Å². The molecular formula is C10H9BrN4OS. The minimum atomic E-state index is -0.136. The minimum absolute atomic E-state index is 0.136. The molecule has 1 aromatic carbocycles. The summed E-state index contributed by atoms with van der Waals surface area (Å²) in [5.41, 5.74) is 6.35. The summed E-state index contributed by atoms with van der Waals surface area (Å²) in [4.78, 5) is 11.7. The number of aromatic nitrogens is 2. The van der Waals surface area contributed by atoms with Crippen LogP contribution in [0.1, 0.15) is 5.56 Å². The molecule has 7 heteroatoms. The number of carbonyl (C=O) groups is 1. The van der Waals surface area contributed by atoms with E-state index in [-0.39, 0.29) is 5.91 Å². The molecule has 0 fully saturated rings. The molecule has 0 aliphatic rings. The molecule has 3 N–H and O–H groups in total. The number of hydrogen-bond acceptors (Lipinski definition) is 5. The average Bonchev–Trinajstić information content (AvgIpc) is 2.67. The first-order chi connectivity index (χ1) is 8.13. The van der Waals surface area contributed by atoms with Crippen LogP contribution in [0.5, 0.6) is 0 Å². The molecule has 0 bridgehead atoms. The molecule has 0 aliphatic heterocycles. The van der Waals surface area contributed by atoms with E-state index in [4.69, 9.17) is 5.73 Å². The van der Waals surface area contributed by atoms with E-state index in [0.29, 0.717) is 16.7 Å². The van der Waals surface area contributed by atoms with Crippen molar-refractivity contribution in [2.75, 3.05) is 11.1 Å². The fourth-order valence-corrected chi connectivity index (χ4v) is 2.03. The van der Waals surface area contributed by atoms with Crippen molar-refractivity contribution < 1.29 is 4.79 Å². The van der Waals surface area contributed by atoms with Crippen LogP contribution in [0.15, 0.2) is 28.7 Å². The molecule has 0 radical (unpaired) electrons. The number of hydrogen-bond donors (Lipinski definition) is 2. The Balaban J connectivity index is 1.95. The maximum Gasteiger partial charge on any atom is 0.230 e. The fourth-order valence-electron chi connectivity index (χ4n) is 1.24. The topological polar surface area (TPSA) is 80.9 Å². The summed E-state index contributed by atoms with van der Waals surface area (Å²) in [7, 11) is 0. The summed E-state index contributed by atoms with van der Waals surface area (Å²) in [5, 5.41) is 10.7. The van der Waals surface area contributed by atoms with Gasteiger partial charge in [0.05, 0.1) is 6.42 Å². The highest BCUT2D eigenvalue weighted by molar-refractivity contribution is 9.10. The maximum absolute atomic E-state index is 11.7. The lowest BCUT2D eigenvalue weighted by Gasteiger charge is -2.01. The van der Waals surface area contributed by atoms with Crippen LogP contribution in [-0.4, -0.2) is 16.1 Å². The first-order valence-corrected chi connectivity index (χ1v) is 6.38. The van der Waals surface area contributed by atoms with Crippen LogP contribution in [0.3, 0.4) is 0 Å². The van der Waals surface area contributed by atoms with Gasteiger partial charge in [-0.25, -0.2) is 0 Å². The van der Waals surface area contributed by atoms with Crippen LogP contribution >= 0.6 is 27.3 Å². The largest absolute Gasteiger partial charge is 0.374 e. The van der Waals surface area contributed by atoms with Crippen LogP contribution in [0.4, 0.5) is 10.3 Å². The number of nitrogens with two attached hydrogens (primary N) is 1. The molecule has 0 spiro atoms. The number of anilines is 2. The van der Waals surface area contributed by atoms with E-state index >= 15 is 0 Å². The van der Waals surface area contributed by atoms with Gasteiger partial charge in [0.1, 0.15) is 0 Å². The van der Waals surface area contributed by atoms with Gasteiger partial charge in [0.2, 0.25) is 16.2 Å². The maximum atomic E-state index is 11.7. The van der Waals surface area contributed by atoms with Gasteiger partial charge in [-0.2, -0.15) is 0 Å². The van der Waals surface area contributed by atoms with Gasteiger partial charge in [-0.15, -0.1) is 10.2 Å². The van der Waals surface area contributed by atoms with Gasteiger partial charge in [-0.05, 0) is 17.7 Å². The zero-order valence-corrected chi connectivity index (χ0v) is 11.1. The van der Waals surface area contributed by atoms with E-state index in [2.05, 4.69) is 31.4 Å². The van der Waals surface area contributed by atoms with Gasteiger partial charge in [0.15, 0.2) is 0 Å². The van der Waals surface area contributed by atoms with Crippen molar-refractivity contribution in [3.05, 3.63) is 34.3 Å². The monoisotopic (exact) mass is 312 g/mol. The molecule has 2 aromatic rings. The number of nitrogens with one attached hydrogen (secondary N) is 1. The molecule has 0 unspecified atom stereocenters. The van der Waals surface area contributed by atoms with E-state index in [9.17, 15) is 4.79 Å². The first kappa shape index (κ1) is 12.0. The summed E-state index contributed by atoms with van der Waals surface area (Å²) in [6.45, 7) is 0. The van der Waals surface area contributed by atoms with Crippen molar-refractivity contribution >= 4 is 43.4 Å². The van der Waals surface area contributed by atoms with Crippen LogP contribution < -0.4 is 11.1 Å².